The molecule has 1 heterocycles. The molecule has 4 heteroatoms. The monoisotopic (exact) mass is 226 g/mol. The lowest BCUT2D eigenvalue weighted by Crippen LogP contribution is -2.43. The Morgan fingerprint density at radius 1 is 1.19 bits per heavy atom. The Morgan fingerprint density at radius 3 is 2.38 bits per heavy atom. The Hall–Kier alpha value is -1.06. The molecule has 1 aliphatic heterocycles. The van der Waals surface area contributed by atoms with Crippen LogP contribution in [0, 0.1) is 0 Å². The molecule has 0 radical (unpaired) electrons. The second-order valence-corrected chi connectivity index (χ2v) is 4.62. The number of likely N-dealkylation sites (N-methyl/N-ethyl adjacent to an activating group) is 1. The number of nitrogens with zero attached hydrogens (tertiary/aromatic N) is 1. The van der Waals surface area contributed by atoms with Gasteiger partial charge in [0.1, 0.15) is 5.54 Å². The third-order valence-electron chi connectivity index (χ3n) is 3.19. The maximum Gasteiger partial charge on any atom is 0.325 e. The molecule has 0 spiro atoms. The van der Waals surface area contributed by atoms with Crippen molar-refractivity contribution in [3.63, 3.8) is 0 Å². The highest BCUT2D eigenvalue weighted by Crippen LogP contribution is 2.23. The molecule has 4 nitrogen and oxygen atoms in total. The fourth-order valence-electron chi connectivity index (χ4n) is 2.11. The Balaban J connectivity index is 2.51. The summed E-state index contributed by atoms with van der Waals surface area (Å²) >= 11 is 0. The van der Waals surface area contributed by atoms with Crippen molar-refractivity contribution in [2.24, 2.45) is 0 Å². The van der Waals surface area contributed by atoms with Gasteiger partial charge in [-0.15, -0.1) is 0 Å². The molecule has 3 amide bonds. The van der Waals surface area contributed by atoms with E-state index >= 15 is 0 Å². The Kier molecular flexibility index (Phi) is 4.33. The number of nitrogens with one attached hydrogen (secondary N) is 1. The zero-order valence-corrected chi connectivity index (χ0v) is 10.5. The van der Waals surface area contributed by atoms with Gasteiger partial charge in [0.2, 0.25) is 0 Å². The molecular formula is C12H22N2O2. The van der Waals surface area contributed by atoms with E-state index in [1.807, 2.05) is 13.8 Å². The third-order valence-corrected chi connectivity index (χ3v) is 3.19. The molecule has 1 atom stereocenters. The Bertz CT molecular complexity index is 278. The zero-order chi connectivity index (χ0) is 12.2. The van der Waals surface area contributed by atoms with Gasteiger partial charge in [-0.1, -0.05) is 32.6 Å². The molecule has 1 N–H and O–H groups in total. The number of carbonyl (C=O) groups excluding carboxylic acids is 2. The fraction of sp³-hybridized carbons (Fsp3) is 0.833. The van der Waals surface area contributed by atoms with Crippen LogP contribution in [0.2, 0.25) is 0 Å². The van der Waals surface area contributed by atoms with Crippen molar-refractivity contribution in [2.75, 3.05) is 6.54 Å². The summed E-state index contributed by atoms with van der Waals surface area (Å²) < 4.78 is 0. The standard InChI is InChI=1S/C12H22N2O2/c1-4-6-7-8-9-12(3)10(15)14(5-2)11(16)13-12/h4-9H2,1-3H3,(H,13,16). The summed E-state index contributed by atoms with van der Waals surface area (Å²) in [4.78, 5) is 24.8. The van der Waals surface area contributed by atoms with Gasteiger partial charge in [0.15, 0.2) is 0 Å². The number of carbonyl (C=O) groups is 2. The topological polar surface area (TPSA) is 49.4 Å². The van der Waals surface area contributed by atoms with Gasteiger partial charge in [0, 0.05) is 6.54 Å². The molecule has 1 saturated heterocycles. The van der Waals surface area contributed by atoms with E-state index in [1.54, 1.807) is 0 Å². The first-order valence-electron chi connectivity index (χ1n) is 6.19. The number of imide groups is 1. The van der Waals surface area contributed by atoms with Gasteiger partial charge in [-0.25, -0.2) is 4.79 Å². The van der Waals surface area contributed by atoms with Crippen molar-refractivity contribution in [1.29, 1.82) is 0 Å². The lowest BCUT2D eigenvalue weighted by molar-refractivity contribution is -0.130. The van der Waals surface area contributed by atoms with Crippen molar-refractivity contribution >= 4 is 11.9 Å². The van der Waals surface area contributed by atoms with Crippen LogP contribution in [0.25, 0.3) is 0 Å². The maximum absolute atomic E-state index is 12.0. The highest BCUT2D eigenvalue weighted by atomic mass is 16.2. The number of hydrogen-bond acceptors (Lipinski definition) is 2. The van der Waals surface area contributed by atoms with Crippen LogP contribution in [0.15, 0.2) is 0 Å². The van der Waals surface area contributed by atoms with Crippen molar-refractivity contribution in [1.82, 2.24) is 10.2 Å². The summed E-state index contributed by atoms with van der Waals surface area (Å²) in [6, 6.07) is -0.245. The van der Waals surface area contributed by atoms with E-state index in [2.05, 4.69) is 12.2 Å². The van der Waals surface area contributed by atoms with Gasteiger partial charge in [0.25, 0.3) is 5.91 Å². The van der Waals surface area contributed by atoms with Gasteiger partial charge < -0.3 is 5.32 Å². The second kappa shape index (κ2) is 5.32. The van der Waals surface area contributed by atoms with Crippen molar-refractivity contribution < 1.29 is 9.59 Å². The van der Waals surface area contributed by atoms with E-state index in [0.717, 1.165) is 19.3 Å². The van der Waals surface area contributed by atoms with Crippen LogP contribution >= 0.6 is 0 Å². The molecule has 1 fully saturated rings. The lowest BCUT2D eigenvalue weighted by atomic mass is 9.94. The number of rotatable bonds is 6. The van der Waals surface area contributed by atoms with Crippen LogP contribution in [-0.4, -0.2) is 28.9 Å². The summed E-state index contributed by atoms with van der Waals surface area (Å²) in [5.74, 6) is -0.0727. The predicted octanol–water partition coefficient (Wildman–Crippen LogP) is 2.29. The second-order valence-electron chi connectivity index (χ2n) is 4.62. The van der Waals surface area contributed by atoms with Crippen molar-refractivity contribution in [3.05, 3.63) is 0 Å². The zero-order valence-electron chi connectivity index (χ0n) is 10.5. The van der Waals surface area contributed by atoms with Crippen molar-refractivity contribution in [3.8, 4) is 0 Å². The Labute approximate surface area is 97.4 Å². The van der Waals surface area contributed by atoms with Crippen LogP contribution < -0.4 is 5.32 Å². The third kappa shape index (κ3) is 2.54. The van der Waals surface area contributed by atoms with Crippen LogP contribution in [-0.2, 0) is 4.79 Å². The van der Waals surface area contributed by atoms with Gasteiger partial charge in [-0.05, 0) is 20.3 Å². The number of hydrogen-bond donors (Lipinski definition) is 1. The number of urea groups is 1. The predicted molar refractivity (Wildman–Crippen MR) is 63.1 cm³/mol. The summed E-state index contributed by atoms with van der Waals surface area (Å²) in [5, 5.41) is 2.80. The van der Waals surface area contributed by atoms with Crippen LogP contribution in [0.3, 0.4) is 0 Å². The molecule has 1 aliphatic rings. The molecule has 0 aromatic carbocycles. The molecule has 1 rings (SSSR count). The van der Waals surface area contributed by atoms with Gasteiger partial charge in [0.05, 0.1) is 0 Å². The first-order chi connectivity index (χ1) is 7.55. The van der Waals surface area contributed by atoms with E-state index in [0.29, 0.717) is 6.54 Å². The van der Waals surface area contributed by atoms with Gasteiger partial charge in [-0.2, -0.15) is 0 Å². The summed E-state index contributed by atoms with van der Waals surface area (Å²) in [6.07, 6.45) is 5.23. The summed E-state index contributed by atoms with van der Waals surface area (Å²) in [6.45, 7) is 6.26. The summed E-state index contributed by atoms with van der Waals surface area (Å²) in [7, 11) is 0. The molecule has 1 unspecified atom stereocenters. The number of amides is 3. The average molecular weight is 226 g/mol. The van der Waals surface area contributed by atoms with Crippen LogP contribution in [0.4, 0.5) is 4.79 Å². The molecule has 0 bridgehead atoms. The molecule has 0 aliphatic carbocycles. The maximum atomic E-state index is 12.0. The largest absolute Gasteiger partial charge is 0.325 e. The first-order valence-corrected chi connectivity index (χ1v) is 6.19. The molecule has 92 valence electrons. The fourth-order valence-corrected chi connectivity index (χ4v) is 2.11. The minimum Gasteiger partial charge on any atom is -0.323 e. The molecule has 16 heavy (non-hydrogen) atoms. The Morgan fingerprint density at radius 2 is 1.88 bits per heavy atom. The van der Waals surface area contributed by atoms with Gasteiger partial charge in [-0.3, -0.25) is 9.69 Å². The quantitative estimate of drug-likeness (QED) is 0.558. The molecule has 0 saturated carbocycles. The minimum absolute atomic E-state index is 0.0727. The van der Waals surface area contributed by atoms with E-state index in [1.165, 1.54) is 17.7 Å². The van der Waals surface area contributed by atoms with Crippen LogP contribution in [0.5, 0.6) is 0 Å². The highest BCUT2D eigenvalue weighted by Gasteiger charge is 2.46. The van der Waals surface area contributed by atoms with Gasteiger partial charge >= 0.3 is 6.03 Å². The van der Waals surface area contributed by atoms with E-state index < -0.39 is 5.54 Å². The molecule has 0 aromatic heterocycles. The highest BCUT2D eigenvalue weighted by molar-refractivity contribution is 6.06. The van der Waals surface area contributed by atoms with E-state index in [4.69, 9.17) is 0 Å². The first kappa shape index (κ1) is 13.0. The average Bonchev–Trinajstić information content (AvgIpc) is 2.45. The SMILES string of the molecule is CCCCCCC1(C)NC(=O)N(CC)C1=O. The van der Waals surface area contributed by atoms with E-state index in [9.17, 15) is 9.59 Å². The molecule has 0 aromatic rings. The van der Waals surface area contributed by atoms with E-state index in [-0.39, 0.29) is 11.9 Å². The van der Waals surface area contributed by atoms with Crippen LogP contribution in [0.1, 0.15) is 52.9 Å². The smallest absolute Gasteiger partial charge is 0.323 e. The molecular weight excluding hydrogens is 204 g/mol. The summed E-state index contributed by atoms with van der Waals surface area (Å²) in [5.41, 5.74) is -0.666. The normalized spacial score (nSPS) is 25.1. The number of unbranched alkanes of at least 4 members (excludes halogenated alkanes) is 3. The lowest BCUT2D eigenvalue weighted by Gasteiger charge is -2.21. The minimum atomic E-state index is -0.666. The van der Waals surface area contributed by atoms with Crippen molar-refractivity contribution in [2.45, 2.75) is 58.4 Å².